The second-order valence-corrected chi connectivity index (χ2v) is 18.0. The molecule has 2 aromatic rings. The first-order valence-corrected chi connectivity index (χ1v) is 12.6. The van der Waals surface area contributed by atoms with Gasteiger partial charge in [-0.3, -0.25) is 0 Å². The molecule has 19 heavy (non-hydrogen) atoms. The van der Waals surface area contributed by atoms with E-state index < -0.39 is 21.0 Å². The minimum atomic E-state index is -2.68. The average Bonchev–Trinajstić information content (AvgIpc) is 2.49. The van der Waals surface area contributed by atoms with Crippen LogP contribution in [0.5, 0.6) is 0 Å². The van der Waals surface area contributed by atoms with Crippen molar-refractivity contribution in [1.82, 2.24) is 0 Å². The molecule has 2 rings (SSSR count). The van der Waals surface area contributed by atoms with Crippen LogP contribution in [0.4, 0.5) is 0 Å². The van der Waals surface area contributed by atoms with Crippen LogP contribution in [0, 0.1) is 0 Å². The Labute approximate surface area is 135 Å². The summed E-state index contributed by atoms with van der Waals surface area (Å²) in [6, 6.07) is 20.3. The van der Waals surface area contributed by atoms with Crippen LogP contribution in [0.25, 0.3) is 0 Å². The Kier molecular flexibility index (Phi) is 7.22. The summed E-state index contributed by atoms with van der Waals surface area (Å²) < 4.78 is 17.2. The monoisotopic (exact) mass is 474 g/mol. The van der Waals surface area contributed by atoms with E-state index in [1.54, 1.807) is 0 Å². The van der Waals surface area contributed by atoms with E-state index >= 15 is 0 Å². The van der Waals surface area contributed by atoms with Crippen molar-refractivity contribution in [3.05, 3.63) is 71.8 Å². The Balaban J connectivity index is 1.77. The topological polar surface area (TPSA) is 27.7 Å². The van der Waals surface area contributed by atoms with Crippen molar-refractivity contribution in [3.63, 3.8) is 0 Å². The van der Waals surface area contributed by atoms with Gasteiger partial charge in [-0.1, -0.05) is 0 Å². The molecule has 0 radical (unpaired) electrons. The average molecular weight is 472 g/mol. The number of hydrogen-bond donors (Lipinski definition) is 0. The van der Waals surface area contributed by atoms with E-state index in [0.29, 0.717) is 13.2 Å². The van der Waals surface area contributed by atoms with Crippen molar-refractivity contribution < 1.29 is 7.56 Å². The van der Waals surface area contributed by atoms with Crippen LogP contribution in [0.2, 0.25) is 0 Å². The predicted octanol–water partition coefficient (Wildman–Crippen LogP) is 1.43. The van der Waals surface area contributed by atoms with Crippen molar-refractivity contribution in [1.29, 1.82) is 0 Å². The van der Waals surface area contributed by atoms with Gasteiger partial charge in [0.05, 0.1) is 0 Å². The summed E-state index contributed by atoms with van der Waals surface area (Å²) in [6.45, 7) is 1.19. The molecule has 0 amide bonds. The van der Waals surface area contributed by atoms with E-state index in [9.17, 15) is 0 Å². The van der Waals surface area contributed by atoms with Crippen molar-refractivity contribution in [2.75, 3.05) is 0 Å². The van der Waals surface area contributed by atoms with Crippen molar-refractivity contribution in [2.45, 2.75) is 13.2 Å². The van der Waals surface area contributed by atoms with E-state index in [-0.39, 0.29) is 22.9 Å². The van der Waals surface area contributed by atoms with Gasteiger partial charge in [-0.15, -0.1) is 0 Å². The Morgan fingerprint density at radius 3 is 1.53 bits per heavy atom. The fourth-order valence-corrected chi connectivity index (χ4v) is 9.80. The molecule has 0 aromatic heterocycles. The second-order valence-electron chi connectivity index (χ2n) is 4.12. The van der Waals surface area contributed by atoms with Crippen LogP contribution in [0.15, 0.2) is 60.7 Å². The third-order valence-corrected chi connectivity index (χ3v) is 13.6. The van der Waals surface area contributed by atoms with Gasteiger partial charge in [0.25, 0.3) is 0 Å². The van der Waals surface area contributed by atoms with Crippen LogP contribution in [0.1, 0.15) is 11.1 Å². The molecule has 0 saturated heterocycles. The SMILES string of the molecule is [SnH3][O][SnH]([O]Cc1ccccc1)[O]Cc1ccccc1. The van der Waals surface area contributed by atoms with Gasteiger partial charge in [-0.05, 0) is 0 Å². The molecule has 0 unspecified atom stereocenters. The van der Waals surface area contributed by atoms with Crippen molar-refractivity contribution in [2.24, 2.45) is 0 Å². The molecule has 0 atom stereocenters. The van der Waals surface area contributed by atoms with E-state index in [4.69, 9.17) is 7.56 Å². The summed E-state index contributed by atoms with van der Waals surface area (Å²) in [7, 11) is 0. The third-order valence-electron chi connectivity index (χ3n) is 2.65. The van der Waals surface area contributed by atoms with E-state index in [0.717, 1.165) is 0 Å². The van der Waals surface area contributed by atoms with Crippen LogP contribution in [-0.2, 0) is 20.8 Å². The van der Waals surface area contributed by atoms with Crippen molar-refractivity contribution in [3.8, 4) is 0 Å². The summed E-state index contributed by atoms with van der Waals surface area (Å²) in [5, 5.41) is 0. The van der Waals surface area contributed by atoms with Gasteiger partial charge in [0.15, 0.2) is 0 Å². The molecule has 0 aliphatic heterocycles. The third kappa shape index (κ3) is 5.82. The Morgan fingerprint density at radius 2 is 1.16 bits per heavy atom. The molecule has 0 aliphatic carbocycles. The molecule has 3 nitrogen and oxygen atoms in total. The Morgan fingerprint density at radius 1 is 0.737 bits per heavy atom. The van der Waals surface area contributed by atoms with Crippen molar-refractivity contribution >= 4 is 43.9 Å². The van der Waals surface area contributed by atoms with Crippen LogP contribution in [-0.4, -0.2) is 43.9 Å². The molecule has 0 aliphatic rings. The second kappa shape index (κ2) is 8.96. The molecule has 5 heteroatoms. The van der Waals surface area contributed by atoms with Gasteiger partial charge >= 0.3 is 137 Å². The molecule has 0 saturated carbocycles. The maximum atomic E-state index is 5.82. The Bertz CT molecular complexity index is 421. The van der Waals surface area contributed by atoms with Crippen LogP contribution in [0.3, 0.4) is 0 Å². The molecule has 100 valence electrons. The standard InChI is InChI=1S/2C7H7O.O.2Sn.4H/c2*8-6-7-4-2-1-3-5-7;;;;;;;/h2*1-5H,6H2;;;;;;;/q2*-1;;;+2;;;;. The van der Waals surface area contributed by atoms with Crippen LogP contribution < -0.4 is 0 Å². The molecule has 2 aromatic carbocycles. The van der Waals surface area contributed by atoms with E-state index in [1.807, 2.05) is 36.4 Å². The number of rotatable bonds is 7. The summed E-state index contributed by atoms with van der Waals surface area (Å²) in [4.78, 5) is 0. The van der Waals surface area contributed by atoms with Gasteiger partial charge in [0.2, 0.25) is 0 Å². The maximum absolute atomic E-state index is 5.82. The van der Waals surface area contributed by atoms with Gasteiger partial charge in [0.1, 0.15) is 0 Å². The summed E-state index contributed by atoms with van der Waals surface area (Å²) in [5.74, 6) is 0. The zero-order valence-corrected chi connectivity index (χ0v) is 20.0. The molecule has 0 bridgehead atoms. The van der Waals surface area contributed by atoms with Gasteiger partial charge in [-0.25, -0.2) is 0 Å². The normalized spacial score (nSPS) is 11.0. The number of benzene rings is 2. The fraction of sp³-hybridized carbons (Fsp3) is 0.143. The van der Waals surface area contributed by atoms with E-state index in [1.165, 1.54) is 11.1 Å². The van der Waals surface area contributed by atoms with Gasteiger partial charge < -0.3 is 0 Å². The quantitative estimate of drug-likeness (QED) is 0.572. The molecule has 0 heterocycles. The molecule has 0 fully saturated rings. The number of hydrogen-bond acceptors (Lipinski definition) is 3. The molecule has 0 N–H and O–H groups in total. The molecular formula is C14H18O3Sn2. The Hall–Kier alpha value is -0.0826. The minimum absolute atomic E-state index is 0.159. The van der Waals surface area contributed by atoms with E-state index in [2.05, 4.69) is 24.3 Å². The zero-order valence-electron chi connectivity index (χ0n) is 11.0. The molecular weight excluding hydrogens is 454 g/mol. The fourth-order valence-electron chi connectivity index (χ4n) is 1.66. The van der Waals surface area contributed by atoms with Crippen LogP contribution >= 0.6 is 0 Å². The first kappa shape index (κ1) is 15.3. The summed E-state index contributed by atoms with van der Waals surface area (Å²) in [6.07, 6.45) is 0. The zero-order chi connectivity index (χ0) is 13.3. The summed E-state index contributed by atoms with van der Waals surface area (Å²) >= 11 is -2.52. The predicted molar refractivity (Wildman–Crippen MR) is 80.6 cm³/mol. The first-order chi connectivity index (χ1) is 9.38. The molecule has 0 spiro atoms. The van der Waals surface area contributed by atoms with Gasteiger partial charge in [-0.2, -0.15) is 0 Å². The first-order valence-electron chi connectivity index (χ1n) is 6.22. The summed E-state index contributed by atoms with van der Waals surface area (Å²) in [5.41, 5.74) is 2.33. The van der Waals surface area contributed by atoms with Gasteiger partial charge in [0, 0.05) is 0 Å².